The topological polar surface area (TPSA) is 46.5 Å². The largest absolute Gasteiger partial charge is 0.507 e. The number of carbonyl (C=O) groups excluding carboxylic acids is 1. The standard InChI is InChI=1S/C7H10O3/c1-4-6(8)5(2)7(9)10-3/h4,8H,1H2,2-3H3. The highest BCUT2D eigenvalue weighted by molar-refractivity contribution is 5.88. The fraction of sp³-hybridized carbons (Fsp3) is 0.286. The van der Waals surface area contributed by atoms with Gasteiger partial charge < -0.3 is 9.84 Å². The van der Waals surface area contributed by atoms with E-state index in [9.17, 15) is 4.79 Å². The Kier molecular flexibility index (Phi) is 3.25. The van der Waals surface area contributed by atoms with Gasteiger partial charge in [-0.3, -0.25) is 0 Å². The van der Waals surface area contributed by atoms with Gasteiger partial charge in [-0.2, -0.15) is 0 Å². The molecule has 0 unspecified atom stereocenters. The molecule has 0 aromatic carbocycles. The van der Waals surface area contributed by atoms with E-state index in [4.69, 9.17) is 5.11 Å². The van der Waals surface area contributed by atoms with Crippen molar-refractivity contribution in [3.05, 3.63) is 24.0 Å². The zero-order valence-corrected chi connectivity index (χ0v) is 6.05. The lowest BCUT2D eigenvalue weighted by atomic mass is 10.2. The smallest absolute Gasteiger partial charge is 0.337 e. The molecule has 0 rings (SSSR count). The van der Waals surface area contributed by atoms with Crippen LogP contribution in [0.3, 0.4) is 0 Å². The van der Waals surface area contributed by atoms with Gasteiger partial charge in [-0.15, -0.1) is 0 Å². The van der Waals surface area contributed by atoms with Gasteiger partial charge in [-0.1, -0.05) is 6.58 Å². The Bertz CT molecular complexity index is 179. The Balaban J connectivity index is 4.45. The summed E-state index contributed by atoms with van der Waals surface area (Å²) in [6.07, 6.45) is 1.19. The molecular formula is C7H10O3. The Hall–Kier alpha value is -1.25. The van der Waals surface area contributed by atoms with Crippen molar-refractivity contribution < 1.29 is 14.6 Å². The van der Waals surface area contributed by atoms with Gasteiger partial charge >= 0.3 is 5.97 Å². The average Bonchev–Trinajstić information content (AvgIpc) is 2.00. The minimum atomic E-state index is -0.544. The van der Waals surface area contributed by atoms with Crippen LogP contribution < -0.4 is 0 Å². The third-order valence-corrected chi connectivity index (χ3v) is 1.07. The average molecular weight is 142 g/mol. The van der Waals surface area contributed by atoms with Crippen LogP contribution in [0.4, 0.5) is 0 Å². The van der Waals surface area contributed by atoms with E-state index < -0.39 is 5.97 Å². The lowest BCUT2D eigenvalue weighted by Crippen LogP contribution is -2.03. The van der Waals surface area contributed by atoms with E-state index >= 15 is 0 Å². The number of aliphatic hydroxyl groups is 1. The summed E-state index contributed by atoms with van der Waals surface area (Å²) in [7, 11) is 1.25. The van der Waals surface area contributed by atoms with Gasteiger partial charge in [0, 0.05) is 0 Å². The van der Waals surface area contributed by atoms with Gasteiger partial charge in [0.15, 0.2) is 0 Å². The lowest BCUT2D eigenvalue weighted by Gasteiger charge is -1.98. The Labute approximate surface area is 59.6 Å². The van der Waals surface area contributed by atoms with Crippen LogP contribution in [-0.4, -0.2) is 18.2 Å². The monoisotopic (exact) mass is 142 g/mol. The summed E-state index contributed by atoms with van der Waals surface area (Å²) in [5, 5.41) is 8.89. The molecule has 0 fully saturated rings. The van der Waals surface area contributed by atoms with Crippen LogP contribution in [0.1, 0.15) is 6.92 Å². The number of methoxy groups -OCH3 is 1. The number of esters is 1. The van der Waals surface area contributed by atoms with Crippen molar-refractivity contribution >= 4 is 5.97 Å². The summed E-state index contributed by atoms with van der Waals surface area (Å²) in [4.78, 5) is 10.6. The quantitative estimate of drug-likeness (QED) is 0.272. The minimum absolute atomic E-state index is 0.146. The highest BCUT2D eigenvalue weighted by Crippen LogP contribution is 2.02. The first-order chi connectivity index (χ1) is 4.63. The predicted molar refractivity (Wildman–Crippen MR) is 37.5 cm³/mol. The molecule has 3 heteroatoms. The van der Waals surface area contributed by atoms with Gasteiger partial charge in [0.1, 0.15) is 5.76 Å². The molecule has 0 bridgehead atoms. The van der Waals surface area contributed by atoms with Crippen LogP contribution in [0.5, 0.6) is 0 Å². The molecule has 0 aliphatic carbocycles. The molecule has 3 nitrogen and oxygen atoms in total. The van der Waals surface area contributed by atoms with Gasteiger partial charge in [0.2, 0.25) is 0 Å². The van der Waals surface area contributed by atoms with Gasteiger partial charge in [-0.05, 0) is 13.0 Å². The predicted octanol–water partition coefficient (Wildman–Crippen LogP) is 1.18. The first kappa shape index (κ1) is 8.75. The number of carbonyl (C=O) groups is 1. The molecule has 0 radical (unpaired) electrons. The maximum atomic E-state index is 10.6. The number of aliphatic hydroxyl groups excluding tert-OH is 1. The van der Waals surface area contributed by atoms with Crippen molar-refractivity contribution in [3.8, 4) is 0 Å². The second-order valence-electron chi connectivity index (χ2n) is 1.71. The second-order valence-corrected chi connectivity index (χ2v) is 1.71. The van der Waals surface area contributed by atoms with Gasteiger partial charge in [0.25, 0.3) is 0 Å². The molecule has 0 aromatic rings. The number of hydrogen-bond acceptors (Lipinski definition) is 3. The van der Waals surface area contributed by atoms with Gasteiger partial charge in [0.05, 0.1) is 12.7 Å². The van der Waals surface area contributed by atoms with Crippen LogP contribution in [-0.2, 0) is 9.53 Å². The van der Waals surface area contributed by atoms with Crippen molar-refractivity contribution in [1.82, 2.24) is 0 Å². The number of rotatable bonds is 2. The normalized spacial score (nSPS) is 11.8. The van der Waals surface area contributed by atoms with Crippen molar-refractivity contribution in [2.75, 3.05) is 7.11 Å². The summed E-state index contributed by atoms with van der Waals surface area (Å²) in [6.45, 7) is 4.74. The van der Waals surface area contributed by atoms with Gasteiger partial charge in [-0.25, -0.2) is 4.79 Å². The summed E-state index contributed by atoms with van der Waals surface area (Å²) in [5.74, 6) is -0.691. The molecule has 0 amide bonds. The van der Waals surface area contributed by atoms with E-state index in [1.54, 1.807) is 0 Å². The molecular weight excluding hydrogens is 132 g/mol. The van der Waals surface area contributed by atoms with E-state index in [2.05, 4.69) is 11.3 Å². The summed E-state index contributed by atoms with van der Waals surface area (Å²) < 4.78 is 4.33. The van der Waals surface area contributed by atoms with Crippen molar-refractivity contribution in [2.45, 2.75) is 6.92 Å². The van der Waals surface area contributed by atoms with Crippen molar-refractivity contribution in [3.63, 3.8) is 0 Å². The molecule has 0 aliphatic rings. The number of allylic oxidation sites excluding steroid dienone is 1. The first-order valence-electron chi connectivity index (χ1n) is 2.74. The van der Waals surface area contributed by atoms with E-state index in [0.717, 1.165) is 0 Å². The summed E-state index contributed by atoms with van der Waals surface area (Å²) in [5.41, 5.74) is 0.164. The maximum Gasteiger partial charge on any atom is 0.337 e. The maximum absolute atomic E-state index is 10.6. The SMILES string of the molecule is C=CC(O)=C(C)C(=O)OC. The fourth-order valence-electron chi connectivity index (χ4n) is 0.411. The Morgan fingerprint density at radius 3 is 2.50 bits per heavy atom. The van der Waals surface area contributed by atoms with E-state index in [-0.39, 0.29) is 11.3 Å². The molecule has 0 saturated carbocycles. The summed E-state index contributed by atoms with van der Waals surface area (Å²) >= 11 is 0. The van der Waals surface area contributed by atoms with Crippen molar-refractivity contribution in [1.29, 1.82) is 0 Å². The first-order valence-corrected chi connectivity index (χ1v) is 2.74. The molecule has 0 aromatic heterocycles. The second kappa shape index (κ2) is 3.71. The molecule has 0 aliphatic heterocycles. The highest BCUT2D eigenvalue weighted by Gasteiger charge is 2.06. The Morgan fingerprint density at radius 1 is 1.70 bits per heavy atom. The van der Waals surface area contributed by atoms with Crippen LogP contribution in [0.2, 0.25) is 0 Å². The zero-order chi connectivity index (χ0) is 8.15. The lowest BCUT2D eigenvalue weighted by molar-refractivity contribution is -0.136. The van der Waals surface area contributed by atoms with Crippen LogP contribution in [0.25, 0.3) is 0 Å². The third-order valence-electron chi connectivity index (χ3n) is 1.07. The molecule has 0 heterocycles. The zero-order valence-electron chi connectivity index (χ0n) is 6.05. The van der Waals surface area contributed by atoms with E-state index in [0.29, 0.717) is 0 Å². The molecule has 1 N–H and O–H groups in total. The summed E-state index contributed by atoms with van der Waals surface area (Å²) in [6, 6.07) is 0. The molecule has 10 heavy (non-hydrogen) atoms. The van der Waals surface area contributed by atoms with Crippen LogP contribution in [0, 0.1) is 0 Å². The molecule has 0 atom stereocenters. The number of hydrogen-bond donors (Lipinski definition) is 1. The van der Waals surface area contributed by atoms with E-state index in [1.807, 2.05) is 0 Å². The molecule has 0 spiro atoms. The van der Waals surface area contributed by atoms with Crippen molar-refractivity contribution in [2.24, 2.45) is 0 Å². The van der Waals surface area contributed by atoms with Crippen LogP contribution >= 0.6 is 0 Å². The molecule has 56 valence electrons. The molecule has 0 saturated heterocycles. The minimum Gasteiger partial charge on any atom is -0.507 e. The Morgan fingerprint density at radius 2 is 2.20 bits per heavy atom. The van der Waals surface area contributed by atoms with Crippen LogP contribution in [0.15, 0.2) is 24.0 Å². The number of ether oxygens (including phenoxy) is 1. The third kappa shape index (κ3) is 1.93. The fourth-order valence-corrected chi connectivity index (χ4v) is 0.411. The highest BCUT2D eigenvalue weighted by atomic mass is 16.5. The van der Waals surface area contributed by atoms with E-state index in [1.165, 1.54) is 20.1 Å².